The van der Waals surface area contributed by atoms with Crippen molar-refractivity contribution in [3.8, 4) is 0 Å². The molecule has 5 nitrogen and oxygen atoms in total. The Balaban J connectivity index is 1.85. The number of carbonyl (C=O) groups excluding carboxylic acids is 2. The molecule has 0 spiro atoms. The summed E-state index contributed by atoms with van der Waals surface area (Å²) in [5, 5.41) is 6.41. The van der Waals surface area contributed by atoms with Crippen molar-refractivity contribution in [2.75, 3.05) is 6.54 Å². The van der Waals surface area contributed by atoms with Crippen molar-refractivity contribution in [2.45, 2.75) is 25.8 Å². The number of para-hydroxylation sites is 1. The van der Waals surface area contributed by atoms with Crippen molar-refractivity contribution in [1.82, 2.24) is 10.6 Å². The van der Waals surface area contributed by atoms with Crippen LogP contribution in [0.3, 0.4) is 0 Å². The normalized spacial score (nSPS) is 18.9. The Morgan fingerprint density at radius 3 is 2.95 bits per heavy atom. The summed E-state index contributed by atoms with van der Waals surface area (Å²) in [5.41, 5.74) is 1.48. The third-order valence-corrected chi connectivity index (χ3v) is 3.64. The molecule has 3 rings (SSSR count). The molecule has 0 bridgehead atoms. The number of amides is 2. The summed E-state index contributed by atoms with van der Waals surface area (Å²) in [6.07, 6.45) is 1.53. The van der Waals surface area contributed by atoms with Gasteiger partial charge in [0.15, 0.2) is 5.76 Å². The SMILES string of the molecule is Cc1c(C(=O)N[C@H]2CCCNC2=O)oc2ccccc12. The summed E-state index contributed by atoms with van der Waals surface area (Å²) in [4.78, 5) is 23.9. The minimum atomic E-state index is -0.469. The van der Waals surface area contributed by atoms with Gasteiger partial charge in [-0.2, -0.15) is 0 Å². The van der Waals surface area contributed by atoms with Gasteiger partial charge in [-0.3, -0.25) is 9.59 Å². The van der Waals surface area contributed by atoms with Gasteiger partial charge in [0, 0.05) is 17.5 Å². The van der Waals surface area contributed by atoms with Gasteiger partial charge in [-0.25, -0.2) is 0 Å². The highest BCUT2D eigenvalue weighted by Crippen LogP contribution is 2.24. The number of nitrogens with one attached hydrogen (secondary N) is 2. The first kappa shape index (κ1) is 12.7. The highest BCUT2D eigenvalue weighted by molar-refractivity contribution is 6.00. The molecule has 1 fully saturated rings. The predicted molar refractivity (Wildman–Crippen MR) is 74.4 cm³/mol. The molecule has 20 heavy (non-hydrogen) atoms. The first-order valence-electron chi connectivity index (χ1n) is 6.73. The van der Waals surface area contributed by atoms with Crippen LogP contribution in [0, 0.1) is 6.92 Å². The summed E-state index contributed by atoms with van der Waals surface area (Å²) >= 11 is 0. The van der Waals surface area contributed by atoms with E-state index in [-0.39, 0.29) is 17.6 Å². The molecule has 1 aromatic heterocycles. The molecule has 2 amide bonds. The van der Waals surface area contributed by atoms with Crippen molar-refractivity contribution in [1.29, 1.82) is 0 Å². The van der Waals surface area contributed by atoms with Gasteiger partial charge in [-0.15, -0.1) is 0 Å². The van der Waals surface area contributed by atoms with Crippen LogP contribution in [0.2, 0.25) is 0 Å². The number of fused-ring (bicyclic) bond motifs is 1. The number of hydrogen-bond donors (Lipinski definition) is 2. The Morgan fingerprint density at radius 1 is 1.40 bits per heavy atom. The summed E-state index contributed by atoms with van der Waals surface area (Å²) < 4.78 is 5.59. The first-order valence-corrected chi connectivity index (χ1v) is 6.73. The van der Waals surface area contributed by atoms with Crippen molar-refractivity contribution in [3.05, 3.63) is 35.6 Å². The lowest BCUT2D eigenvalue weighted by molar-refractivity contribution is -0.124. The van der Waals surface area contributed by atoms with E-state index in [0.717, 1.165) is 17.4 Å². The zero-order chi connectivity index (χ0) is 14.1. The van der Waals surface area contributed by atoms with Crippen LogP contribution in [-0.4, -0.2) is 24.4 Å². The molecule has 2 N–H and O–H groups in total. The van der Waals surface area contributed by atoms with Crippen LogP contribution in [0.15, 0.2) is 28.7 Å². The molecule has 1 aliphatic heterocycles. The van der Waals surface area contributed by atoms with Crippen LogP contribution >= 0.6 is 0 Å². The van der Waals surface area contributed by atoms with E-state index in [1.165, 1.54) is 0 Å². The molecule has 5 heteroatoms. The highest BCUT2D eigenvalue weighted by atomic mass is 16.3. The first-order chi connectivity index (χ1) is 9.66. The second kappa shape index (κ2) is 5.00. The Kier molecular flexibility index (Phi) is 3.18. The van der Waals surface area contributed by atoms with E-state index < -0.39 is 6.04 Å². The largest absolute Gasteiger partial charge is 0.451 e. The maximum atomic E-state index is 12.3. The number of furan rings is 1. The van der Waals surface area contributed by atoms with Gasteiger partial charge in [-0.05, 0) is 25.8 Å². The second-order valence-corrected chi connectivity index (χ2v) is 5.01. The van der Waals surface area contributed by atoms with Crippen LogP contribution < -0.4 is 10.6 Å². The molecule has 1 aliphatic rings. The molecular formula is C15H16N2O3. The van der Waals surface area contributed by atoms with Crippen LogP contribution in [0.1, 0.15) is 29.0 Å². The highest BCUT2D eigenvalue weighted by Gasteiger charge is 2.26. The predicted octanol–water partition coefficient (Wildman–Crippen LogP) is 1.75. The fourth-order valence-corrected chi connectivity index (χ4v) is 2.52. The van der Waals surface area contributed by atoms with Gasteiger partial charge < -0.3 is 15.1 Å². The molecule has 0 unspecified atom stereocenters. The number of hydrogen-bond acceptors (Lipinski definition) is 3. The molecule has 1 aromatic carbocycles. The topological polar surface area (TPSA) is 71.3 Å². The number of piperidine rings is 1. The van der Waals surface area contributed by atoms with Gasteiger partial charge in [0.25, 0.3) is 5.91 Å². The molecular weight excluding hydrogens is 256 g/mol. The average molecular weight is 272 g/mol. The zero-order valence-electron chi connectivity index (χ0n) is 11.2. The summed E-state index contributed by atoms with van der Waals surface area (Å²) in [6, 6.07) is 7.04. The van der Waals surface area contributed by atoms with Crippen LogP contribution in [0.25, 0.3) is 11.0 Å². The number of aryl methyl sites for hydroxylation is 1. The summed E-state index contributed by atoms with van der Waals surface area (Å²) in [5.74, 6) is -0.177. The lowest BCUT2D eigenvalue weighted by Crippen LogP contribution is -2.50. The summed E-state index contributed by atoms with van der Waals surface area (Å²) in [6.45, 7) is 2.52. The number of rotatable bonds is 2. The van der Waals surface area contributed by atoms with Crippen LogP contribution in [0.5, 0.6) is 0 Å². The molecule has 0 radical (unpaired) electrons. The van der Waals surface area contributed by atoms with E-state index >= 15 is 0 Å². The number of benzene rings is 1. The lowest BCUT2D eigenvalue weighted by atomic mass is 10.1. The molecule has 0 aliphatic carbocycles. The van der Waals surface area contributed by atoms with E-state index in [1.807, 2.05) is 31.2 Å². The minimum absolute atomic E-state index is 0.127. The fraction of sp³-hybridized carbons (Fsp3) is 0.333. The Morgan fingerprint density at radius 2 is 2.20 bits per heavy atom. The van der Waals surface area contributed by atoms with E-state index in [9.17, 15) is 9.59 Å². The van der Waals surface area contributed by atoms with Crippen molar-refractivity contribution in [2.24, 2.45) is 0 Å². The van der Waals surface area contributed by atoms with E-state index in [2.05, 4.69) is 10.6 Å². The lowest BCUT2D eigenvalue weighted by Gasteiger charge is -2.22. The Hall–Kier alpha value is -2.30. The van der Waals surface area contributed by atoms with E-state index in [4.69, 9.17) is 4.42 Å². The maximum Gasteiger partial charge on any atom is 0.287 e. The average Bonchev–Trinajstić information content (AvgIpc) is 2.79. The van der Waals surface area contributed by atoms with Gasteiger partial charge in [0.1, 0.15) is 11.6 Å². The third-order valence-electron chi connectivity index (χ3n) is 3.64. The van der Waals surface area contributed by atoms with Crippen LogP contribution in [-0.2, 0) is 4.79 Å². The fourth-order valence-electron chi connectivity index (χ4n) is 2.52. The van der Waals surface area contributed by atoms with E-state index in [1.54, 1.807) is 0 Å². The molecule has 0 saturated carbocycles. The quantitative estimate of drug-likeness (QED) is 0.875. The van der Waals surface area contributed by atoms with Gasteiger partial charge in [0.05, 0.1) is 0 Å². The molecule has 1 saturated heterocycles. The smallest absolute Gasteiger partial charge is 0.287 e. The zero-order valence-corrected chi connectivity index (χ0v) is 11.2. The van der Waals surface area contributed by atoms with Gasteiger partial charge in [0.2, 0.25) is 5.91 Å². The number of carbonyl (C=O) groups is 2. The summed E-state index contributed by atoms with van der Waals surface area (Å²) in [7, 11) is 0. The van der Waals surface area contributed by atoms with Crippen molar-refractivity contribution < 1.29 is 14.0 Å². The molecule has 2 heterocycles. The molecule has 104 valence electrons. The van der Waals surface area contributed by atoms with Gasteiger partial charge in [-0.1, -0.05) is 18.2 Å². The van der Waals surface area contributed by atoms with Crippen molar-refractivity contribution >= 4 is 22.8 Å². The molecule has 1 atom stereocenters. The maximum absolute atomic E-state index is 12.3. The van der Waals surface area contributed by atoms with Crippen LogP contribution in [0.4, 0.5) is 0 Å². The monoisotopic (exact) mass is 272 g/mol. The second-order valence-electron chi connectivity index (χ2n) is 5.01. The third kappa shape index (κ3) is 2.15. The van der Waals surface area contributed by atoms with Gasteiger partial charge >= 0.3 is 0 Å². The Labute approximate surface area is 116 Å². The molecule has 2 aromatic rings. The van der Waals surface area contributed by atoms with E-state index in [0.29, 0.717) is 18.5 Å². The standard InChI is InChI=1S/C15H16N2O3/c1-9-10-5-2-3-7-12(10)20-13(9)15(19)17-11-6-4-8-16-14(11)18/h2-3,5,7,11H,4,6,8H2,1H3,(H,16,18)(H,17,19)/t11-/m0/s1. The minimum Gasteiger partial charge on any atom is -0.451 e. The van der Waals surface area contributed by atoms with Crippen molar-refractivity contribution in [3.63, 3.8) is 0 Å². The Bertz CT molecular complexity index is 675.